The lowest BCUT2D eigenvalue weighted by molar-refractivity contribution is -0.119. The molecular formula is C18H17F4N3O. The number of anilines is 1. The van der Waals surface area contributed by atoms with E-state index < -0.39 is 35.8 Å². The highest BCUT2D eigenvalue weighted by Gasteiger charge is 2.61. The van der Waals surface area contributed by atoms with Crippen molar-refractivity contribution >= 4 is 11.7 Å². The van der Waals surface area contributed by atoms with Crippen LogP contribution in [0.2, 0.25) is 0 Å². The molecule has 2 saturated carbocycles. The smallest absolute Gasteiger partial charge is 0.260 e. The molecule has 2 aromatic rings. The van der Waals surface area contributed by atoms with E-state index in [1.807, 2.05) is 0 Å². The summed E-state index contributed by atoms with van der Waals surface area (Å²) in [5.74, 6) is -6.28. The van der Waals surface area contributed by atoms with Crippen molar-refractivity contribution in [3.63, 3.8) is 0 Å². The van der Waals surface area contributed by atoms with Crippen molar-refractivity contribution in [2.45, 2.75) is 37.5 Å². The summed E-state index contributed by atoms with van der Waals surface area (Å²) in [6, 6.07) is 3.26. The maximum Gasteiger partial charge on any atom is 0.260 e. The van der Waals surface area contributed by atoms with Gasteiger partial charge in [-0.1, -0.05) is 6.42 Å². The zero-order chi connectivity index (χ0) is 18.6. The van der Waals surface area contributed by atoms with Crippen LogP contribution in [-0.2, 0) is 11.8 Å². The van der Waals surface area contributed by atoms with Gasteiger partial charge in [0.25, 0.3) is 5.92 Å². The third-order valence-corrected chi connectivity index (χ3v) is 5.17. The average molecular weight is 367 g/mol. The first-order valence-corrected chi connectivity index (χ1v) is 8.49. The number of alkyl halides is 2. The molecular weight excluding hydrogens is 350 g/mol. The summed E-state index contributed by atoms with van der Waals surface area (Å²) < 4.78 is 55.3. The Morgan fingerprint density at radius 3 is 2.54 bits per heavy atom. The maximum absolute atomic E-state index is 14.3. The Labute approximate surface area is 147 Å². The molecule has 1 heterocycles. The lowest BCUT2D eigenvalue weighted by Crippen LogP contribution is -2.20. The fourth-order valence-corrected chi connectivity index (χ4v) is 3.42. The number of carbonyl (C=O) groups excluding carboxylic acids is 1. The number of rotatable bonds is 4. The number of amides is 1. The van der Waals surface area contributed by atoms with Crippen LogP contribution < -0.4 is 5.32 Å². The second-order valence-electron chi connectivity index (χ2n) is 6.99. The number of benzene rings is 1. The van der Waals surface area contributed by atoms with E-state index >= 15 is 0 Å². The van der Waals surface area contributed by atoms with Crippen molar-refractivity contribution in [1.29, 1.82) is 0 Å². The lowest BCUT2D eigenvalue weighted by atomic mass is 9.78. The molecule has 2 aliphatic carbocycles. The van der Waals surface area contributed by atoms with Crippen molar-refractivity contribution in [1.82, 2.24) is 9.78 Å². The van der Waals surface area contributed by atoms with Gasteiger partial charge in [-0.05, 0) is 30.9 Å². The molecule has 138 valence electrons. The number of aryl methyl sites for hydroxylation is 1. The summed E-state index contributed by atoms with van der Waals surface area (Å²) in [6.07, 6.45) is 2.19. The second-order valence-corrected chi connectivity index (χ2v) is 6.99. The topological polar surface area (TPSA) is 46.9 Å². The summed E-state index contributed by atoms with van der Waals surface area (Å²) >= 11 is 0. The number of hydrogen-bond donors (Lipinski definition) is 1. The molecule has 2 fully saturated rings. The van der Waals surface area contributed by atoms with E-state index in [0.717, 1.165) is 31.4 Å². The highest BCUT2D eigenvalue weighted by molar-refractivity contribution is 5.96. The van der Waals surface area contributed by atoms with Gasteiger partial charge in [0.1, 0.15) is 17.6 Å². The molecule has 1 atom stereocenters. The van der Waals surface area contributed by atoms with E-state index in [0.29, 0.717) is 11.3 Å². The molecule has 0 spiro atoms. The monoisotopic (exact) mass is 367 g/mol. The number of nitrogens with zero attached hydrogens (tertiary/aromatic N) is 2. The molecule has 0 radical (unpaired) electrons. The summed E-state index contributed by atoms with van der Waals surface area (Å²) in [7, 11) is 1.59. The maximum atomic E-state index is 14.3. The predicted molar refractivity (Wildman–Crippen MR) is 86.8 cm³/mol. The van der Waals surface area contributed by atoms with Crippen molar-refractivity contribution < 1.29 is 22.4 Å². The van der Waals surface area contributed by atoms with Crippen LogP contribution in [-0.4, -0.2) is 21.6 Å². The molecule has 26 heavy (non-hydrogen) atoms. The van der Waals surface area contributed by atoms with Crippen LogP contribution in [0.4, 0.5) is 23.4 Å². The number of hydrogen-bond acceptors (Lipinski definition) is 2. The molecule has 0 saturated heterocycles. The van der Waals surface area contributed by atoms with Crippen molar-refractivity contribution in [3.05, 3.63) is 35.4 Å². The van der Waals surface area contributed by atoms with Crippen LogP contribution in [0.1, 0.15) is 37.2 Å². The Kier molecular flexibility index (Phi) is 3.82. The second kappa shape index (κ2) is 5.82. The van der Waals surface area contributed by atoms with Gasteiger partial charge in [0, 0.05) is 30.7 Å². The van der Waals surface area contributed by atoms with Gasteiger partial charge in [-0.25, -0.2) is 17.6 Å². The van der Waals surface area contributed by atoms with E-state index in [1.54, 1.807) is 7.05 Å². The van der Waals surface area contributed by atoms with Gasteiger partial charge in [0.2, 0.25) is 5.91 Å². The van der Waals surface area contributed by atoms with E-state index in [9.17, 15) is 22.4 Å². The highest BCUT2D eigenvalue weighted by Crippen LogP contribution is 2.50. The van der Waals surface area contributed by atoms with Crippen LogP contribution >= 0.6 is 0 Å². The van der Waals surface area contributed by atoms with Gasteiger partial charge in [-0.3, -0.25) is 9.48 Å². The minimum absolute atomic E-state index is 0.0539. The molecule has 4 rings (SSSR count). The number of halogens is 4. The van der Waals surface area contributed by atoms with Gasteiger partial charge in [-0.2, -0.15) is 5.10 Å². The van der Waals surface area contributed by atoms with E-state index in [-0.39, 0.29) is 17.3 Å². The van der Waals surface area contributed by atoms with Crippen LogP contribution in [0.5, 0.6) is 0 Å². The van der Waals surface area contributed by atoms with E-state index in [2.05, 4.69) is 10.4 Å². The largest absolute Gasteiger partial charge is 0.309 e. The van der Waals surface area contributed by atoms with Gasteiger partial charge in [0.15, 0.2) is 5.82 Å². The van der Waals surface area contributed by atoms with Crippen LogP contribution in [0, 0.1) is 17.6 Å². The normalized spacial score (nSPS) is 21.3. The van der Waals surface area contributed by atoms with Gasteiger partial charge in [0.05, 0.1) is 5.69 Å². The zero-order valence-corrected chi connectivity index (χ0v) is 14.0. The molecule has 2 aliphatic rings. The standard InChI is InChI=1S/C18H17F4N3O/c1-25-15(11-6-5-10(19)7-13(11)20)14(9-3-2-4-9)16(24-25)23-17(26)12-8-18(12,21)22/h5-7,9,12H,2-4,8H2,1H3,(H,23,24,26)/t12-/m0/s1. The van der Waals surface area contributed by atoms with Crippen molar-refractivity contribution in [2.75, 3.05) is 5.32 Å². The first-order valence-electron chi connectivity index (χ1n) is 8.49. The molecule has 1 N–H and O–H groups in total. The Morgan fingerprint density at radius 1 is 1.31 bits per heavy atom. The SMILES string of the molecule is Cn1nc(NC(=O)[C@@H]2CC2(F)F)c(C2CCC2)c1-c1ccc(F)cc1F. The summed E-state index contributed by atoms with van der Waals surface area (Å²) in [6.45, 7) is 0. The molecule has 8 heteroatoms. The van der Waals surface area contributed by atoms with Gasteiger partial charge >= 0.3 is 0 Å². The Bertz CT molecular complexity index is 889. The molecule has 1 aromatic carbocycles. The molecule has 0 bridgehead atoms. The van der Waals surface area contributed by atoms with Gasteiger partial charge in [-0.15, -0.1) is 0 Å². The third-order valence-electron chi connectivity index (χ3n) is 5.17. The van der Waals surface area contributed by atoms with Crippen molar-refractivity contribution in [3.8, 4) is 11.3 Å². The lowest BCUT2D eigenvalue weighted by Gasteiger charge is -2.27. The number of nitrogens with one attached hydrogen (secondary N) is 1. The van der Waals surface area contributed by atoms with E-state index in [4.69, 9.17) is 0 Å². The fourth-order valence-electron chi connectivity index (χ4n) is 3.42. The molecule has 4 nitrogen and oxygen atoms in total. The quantitative estimate of drug-likeness (QED) is 0.823. The molecule has 0 aliphatic heterocycles. The Hall–Kier alpha value is -2.38. The summed E-state index contributed by atoms with van der Waals surface area (Å²) in [5.41, 5.74) is 1.23. The van der Waals surface area contributed by atoms with Crippen LogP contribution in [0.15, 0.2) is 18.2 Å². The van der Waals surface area contributed by atoms with Crippen molar-refractivity contribution in [2.24, 2.45) is 13.0 Å². The molecule has 0 unspecified atom stereocenters. The van der Waals surface area contributed by atoms with Gasteiger partial charge < -0.3 is 5.32 Å². The minimum Gasteiger partial charge on any atom is -0.309 e. The Balaban J connectivity index is 1.75. The minimum atomic E-state index is -2.97. The highest BCUT2D eigenvalue weighted by atomic mass is 19.3. The fraction of sp³-hybridized carbons (Fsp3) is 0.444. The third kappa shape index (κ3) is 2.77. The zero-order valence-electron chi connectivity index (χ0n) is 14.0. The predicted octanol–water partition coefficient (Wildman–Crippen LogP) is 4.23. The number of aromatic nitrogens is 2. The van der Waals surface area contributed by atoms with Crippen LogP contribution in [0.25, 0.3) is 11.3 Å². The first-order chi connectivity index (χ1) is 12.3. The van der Waals surface area contributed by atoms with Crippen LogP contribution in [0.3, 0.4) is 0 Å². The first kappa shape index (κ1) is 17.1. The average Bonchev–Trinajstić information content (AvgIpc) is 3.04. The summed E-state index contributed by atoms with van der Waals surface area (Å²) in [5, 5.41) is 6.72. The number of carbonyl (C=O) groups is 1. The molecule has 1 amide bonds. The Morgan fingerprint density at radius 2 is 2.00 bits per heavy atom. The molecule has 1 aromatic heterocycles. The summed E-state index contributed by atoms with van der Waals surface area (Å²) in [4.78, 5) is 12.1. The van der Waals surface area contributed by atoms with E-state index in [1.165, 1.54) is 10.7 Å².